The molecule has 0 aromatic heterocycles. The summed E-state index contributed by atoms with van der Waals surface area (Å²) in [6.45, 7) is 1.40. The Bertz CT molecular complexity index is 1650. The highest BCUT2D eigenvalue weighted by molar-refractivity contribution is 5.43. The standard InChI is InChI=1S/C38H43N3O8/c1-42-31-17-15-28(19-33(31)44-3)23-47-36-30(25-46-21-26-11-7-5-8-12-26)37(48-24-29-16-18-32(43-2)34(20-29)45-4)38(35(36)40-41-39)49-22-27-13-9-6-10-14-27/h5-20,30,35-38H,21-25H2,1-4H3/t30-,35-,36-,37+,38+/m0/s1. The Kier molecular flexibility index (Phi) is 13.1. The molecule has 5 rings (SSSR count). The van der Waals surface area contributed by atoms with Gasteiger partial charge in [0.05, 0.1) is 85.8 Å². The number of hydrogen-bond donors (Lipinski definition) is 0. The highest BCUT2D eigenvalue weighted by atomic mass is 16.6. The Hall–Kier alpha value is -4.77. The second kappa shape index (κ2) is 18.1. The second-order valence-corrected chi connectivity index (χ2v) is 11.6. The van der Waals surface area contributed by atoms with Gasteiger partial charge in [0.15, 0.2) is 23.0 Å². The molecule has 1 fully saturated rings. The molecule has 258 valence electrons. The summed E-state index contributed by atoms with van der Waals surface area (Å²) in [6.07, 6.45) is -1.80. The largest absolute Gasteiger partial charge is 0.493 e. The van der Waals surface area contributed by atoms with E-state index in [1.165, 1.54) is 0 Å². The van der Waals surface area contributed by atoms with E-state index in [4.69, 9.17) is 37.9 Å². The fourth-order valence-electron chi connectivity index (χ4n) is 6.06. The van der Waals surface area contributed by atoms with Crippen LogP contribution in [0.1, 0.15) is 22.3 Å². The predicted molar refractivity (Wildman–Crippen MR) is 184 cm³/mol. The van der Waals surface area contributed by atoms with E-state index in [1.807, 2.05) is 97.1 Å². The van der Waals surface area contributed by atoms with Gasteiger partial charge in [0.2, 0.25) is 0 Å². The highest BCUT2D eigenvalue weighted by Gasteiger charge is 2.53. The number of nitrogens with zero attached hydrogens (tertiary/aromatic N) is 3. The molecule has 0 heterocycles. The van der Waals surface area contributed by atoms with Gasteiger partial charge in [-0.3, -0.25) is 0 Å². The second-order valence-electron chi connectivity index (χ2n) is 11.6. The van der Waals surface area contributed by atoms with Crippen LogP contribution in [0.5, 0.6) is 23.0 Å². The van der Waals surface area contributed by atoms with Crippen molar-refractivity contribution in [2.24, 2.45) is 11.0 Å². The first kappa shape index (κ1) is 35.5. The summed E-state index contributed by atoms with van der Waals surface area (Å²) in [7, 11) is 6.37. The molecule has 4 aromatic rings. The zero-order valence-electron chi connectivity index (χ0n) is 28.3. The van der Waals surface area contributed by atoms with Crippen LogP contribution in [0.3, 0.4) is 0 Å². The molecule has 11 nitrogen and oxygen atoms in total. The van der Waals surface area contributed by atoms with E-state index in [9.17, 15) is 5.53 Å². The molecule has 11 heteroatoms. The fourth-order valence-corrected chi connectivity index (χ4v) is 6.06. The minimum Gasteiger partial charge on any atom is -0.493 e. The van der Waals surface area contributed by atoms with Crippen LogP contribution >= 0.6 is 0 Å². The monoisotopic (exact) mass is 669 g/mol. The predicted octanol–water partition coefficient (Wildman–Crippen LogP) is 7.30. The normalized spacial score (nSPS) is 20.0. The van der Waals surface area contributed by atoms with Gasteiger partial charge in [-0.2, -0.15) is 0 Å². The molecule has 0 radical (unpaired) electrons. The molecular formula is C38H43N3O8. The number of rotatable bonds is 18. The van der Waals surface area contributed by atoms with Crippen LogP contribution in [0.25, 0.3) is 10.4 Å². The van der Waals surface area contributed by atoms with Gasteiger partial charge in [-0.15, -0.1) is 0 Å². The maximum absolute atomic E-state index is 9.79. The van der Waals surface area contributed by atoms with Gasteiger partial charge < -0.3 is 37.9 Å². The summed E-state index contributed by atoms with van der Waals surface area (Å²) in [5, 5.41) is 4.26. The van der Waals surface area contributed by atoms with E-state index < -0.39 is 24.4 Å². The van der Waals surface area contributed by atoms with Crippen LogP contribution in [0.15, 0.2) is 102 Å². The van der Waals surface area contributed by atoms with Gasteiger partial charge in [0.25, 0.3) is 0 Å². The maximum atomic E-state index is 9.79. The molecule has 0 aliphatic heterocycles. The minimum absolute atomic E-state index is 0.214. The molecule has 0 spiro atoms. The Morgan fingerprint density at radius 2 is 1.00 bits per heavy atom. The molecule has 1 saturated carbocycles. The quantitative estimate of drug-likeness (QED) is 0.0615. The summed E-state index contributed by atoms with van der Waals surface area (Å²) in [5.74, 6) is 2.06. The van der Waals surface area contributed by atoms with Gasteiger partial charge in [-0.25, -0.2) is 0 Å². The van der Waals surface area contributed by atoms with Gasteiger partial charge in [-0.05, 0) is 52.1 Å². The average molecular weight is 670 g/mol. The SMILES string of the molecule is COc1ccc(CO[C@@H]2[C@@H](COCc3ccccc3)[C@H](OCc3ccc(OC)c(OC)c3)[C@H](N=[N+]=[N-])[C@H]2OCc2ccccc2)cc1OC. The topological polar surface area (TPSA) is 123 Å². The number of methoxy groups -OCH3 is 4. The van der Waals surface area contributed by atoms with Crippen LogP contribution in [-0.2, 0) is 45.4 Å². The van der Waals surface area contributed by atoms with Crippen LogP contribution in [0.4, 0.5) is 0 Å². The van der Waals surface area contributed by atoms with Gasteiger partial charge in [0.1, 0.15) is 0 Å². The third kappa shape index (κ3) is 9.23. The molecule has 1 aliphatic rings. The first-order valence-corrected chi connectivity index (χ1v) is 16.0. The van der Waals surface area contributed by atoms with Crippen molar-refractivity contribution in [3.63, 3.8) is 0 Å². The minimum atomic E-state index is -0.713. The van der Waals surface area contributed by atoms with E-state index in [0.717, 1.165) is 22.3 Å². The molecule has 0 bridgehead atoms. The first-order chi connectivity index (χ1) is 24.1. The van der Waals surface area contributed by atoms with Crippen molar-refractivity contribution in [1.82, 2.24) is 0 Å². The molecule has 0 unspecified atom stereocenters. The van der Waals surface area contributed by atoms with Gasteiger partial charge in [0, 0.05) is 10.8 Å². The lowest BCUT2D eigenvalue weighted by Crippen LogP contribution is -2.36. The maximum Gasteiger partial charge on any atom is 0.161 e. The molecule has 49 heavy (non-hydrogen) atoms. The first-order valence-electron chi connectivity index (χ1n) is 16.0. The number of benzene rings is 4. The van der Waals surface area contributed by atoms with Crippen molar-refractivity contribution in [3.05, 3.63) is 130 Å². The number of hydrogen-bond acceptors (Lipinski definition) is 9. The fraction of sp³-hybridized carbons (Fsp3) is 0.368. The van der Waals surface area contributed by atoms with Gasteiger partial charge >= 0.3 is 0 Å². The van der Waals surface area contributed by atoms with Crippen molar-refractivity contribution in [2.45, 2.75) is 50.8 Å². The number of azide groups is 1. The van der Waals surface area contributed by atoms with Crippen LogP contribution in [-0.4, -0.2) is 59.4 Å². The van der Waals surface area contributed by atoms with Gasteiger partial charge in [-0.1, -0.05) is 77.9 Å². The molecule has 5 atom stereocenters. The smallest absolute Gasteiger partial charge is 0.161 e. The van der Waals surface area contributed by atoms with E-state index >= 15 is 0 Å². The molecule has 0 N–H and O–H groups in total. The lowest BCUT2D eigenvalue weighted by molar-refractivity contribution is -0.104. The lowest BCUT2D eigenvalue weighted by Gasteiger charge is -2.27. The van der Waals surface area contributed by atoms with Crippen molar-refractivity contribution in [3.8, 4) is 23.0 Å². The summed E-state index contributed by atoms with van der Waals surface area (Å²) >= 11 is 0. The Morgan fingerprint density at radius 3 is 1.51 bits per heavy atom. The van der Waals surface area contributed by atoms with E-state index in [0.29, 0.717) is 36.2 Å². The zero-order chi connectivity index (χ0) is 34.4. The van der Waals surface area contributed by atoms with E-state index in [-0.39, 0.29) is 25.7 Å². The van der Waals surface area contributed by atoms with Crippen LogP contribution in [0, 0.1) is 5.92 Å². The third-order valence-corrected chi connectivity index (χ3v) is 8.51. The highest BCUT2D eigenvalue weighted by Crippen LogP contribution is 2.39. The molecular weight excluding hydrogens is 626 g/mol. The molecule has 4 aromatic carbocycles. The summed E-state index contributed by atoms with van der Waals surface area (Å²) in [5.41, 5.74) is 13.5. The zero-order valence-corrected chi connectivity index (χ0v) is 28.3. The van der Waals surface area contributed by atoms with E-state index in [2.05, 4.69) is 10.0 Å². The molecule has 0 saturated heterocycles. The summed E-state index contributed by atoms with van der Waals surface area (Å²) in [4.78, 5) is 3.24. The number of ether oxygens (including phenoxy) is 8. The lowest BCUT2D eigenvalue weighted by atomic mass is 10.0. The van der Waals surface area contributed by atoms with Crippen molar-refractivity contribution >= 4 is 0 Å². The molecule has 1 aliphatic carbocycles. The van der Waals surface area contributed by atoms with Crippen molar-refractivity contribution in [1.29, 1.82) is 0 Å². The summed E-state index contributed by atoms with van der Waals surface area (Å²) < 4.78 is 48.1. The van der Waals surface area contributed by atoms with Crippen LogP contribution in [0.2, 0.25) is 0 Å². The third-order valence-electron chi connectivity index (χ3n) is 8.51. The van der Waals surface area contributed by atoms with Crippen LogP contribution < -0.4 is 18.9 Å². The van der Waals surface area contributed by atoms with E-state index in [1.54, 1.807) is 28.4 Å². The Labute approximate surface area is 287 Å². The summed E-state index contributed by atoms with van der Waals surface area (Å²) in [6, 6.07) is 30.3. The van der Waals surface area contributed by atoms with Crippen molar-refractivity contribution in [2.75, 3.05) is 35.0 Å². The van der Waals surface area contributed by atoms with Crippen molar-refractivity contribution < 1.29 is 37.9 Å². The molecule has 0 amide bonds. The Balaban J connectivity index is 1.46. The average Bonchev–Trinajstić information content (AvgIpc) is 3.42. The Morgan fingerprint density at radius 1 is 0.531 bits per heavy atom.